The number of likely N-dealkylation sites (tertiary alicyclic amines) is 1. The van der Waals surface area contributed by atoms with Crippen LogP contribution in [0, 0.1) is 5.92 Å². The average molecular weight is 449 g/mol. The lowest BCUT2D eigenvalue weighted by atomic mass is 10.2. The van der Waals surface area contributed by atoms with Gasteiger partial charge in [0, 0.05) is 29.6 Å². The molecule has 1 saturated heterocycles. The molecular formula is C20H18F3N5O2S. The highest BCUT2D eigenvalue weighted by atomic mass is 32.1. The number of nitrogens with one attached hydrogen (secondary N) is 1. The second-order valence-electron chi connectivity index (χ2n) is 7.81. The molecular weight excluding hydrogens is 431 g/mol. The maximum absolute atomic E-state index is 13.2. The number of halogens is 3. The molecule has 31 heavy (non-hydrogen) atoms. The van der Waals surface area contributed by atoms with Crippen molar-refractivity contribution in [1.82, 2.24) is 19.3 Å². The molecule has 2 aliphatic rings. The fraction of sp³-hybridized carbons (Fsp3) is 0.400. The number of alkyl halides is 3. The van der Waals surface area contributed by atoms with Gasteiger partial charge in [0.2, 0.25) is 5.91 Å². The van der Waals surface area contributed by atoms with Gasteiger partial charge in [0.1, 0.15) is 11.7 Å². The molecule has 0 spiro atoms. The molecule has 1 unspecified atom stereocenters. The Bertz CT molecular complexity index is 1170. The van der Waals surface area contributed by atoms with E-state index in [-0.39, 0.29) is 29.8 Å². The Labute approximate surface area is 178 Å². The third-order valence-corrected chi connectivity index (χ3v) is 6.36. The summed E-state index contributed by atoms with van der Waals surface area (Å²) in [5.41, 5.74) is 1.82. The Balaban J connectivity index is 1.36. The van der Waals surface area contributed by atoms with Crippen molar-refractivity contribution >= 4 is 34.6 Å². The van der Waals surface area contributed by atoms with Crippen LogP contribution in [0.3, 0.4) is 0 Å². The average Bonchev–Trinajstić information content (AvgIpc) is 3.13. The Morgan fingerprint density at radius 1 is 1.13 bits per heavy atom. The normalized spacial score (nSPS) is 19.2. The standard InChI is InChI=1S/C20H18F3N5O2S/c21-20(22,23)14-2-1-7-28(14)19(30)18-24-13(10-31-18)12-5-6-16-25-15(9-27(16)8-12)26-17(29)11-3-4-11/h5-6,8-11,14H,1-4,7H2,(H,26,29). The van der Waals surface area contributed by atoms with Crippen LogP contribution in [0.1, 0.15) is 35.5 Å². The van der Waals surface area contributed by atoms with Gasteiger partial charge >= 0.3 is 6.18 Å². The SMILES string of the molecule is O=C(Nc1cn2cc(-c3csc(C(=O)N4CCCC4C(F)(F)F)n3)ccc2n1)C1CC1. The molecule has 0 radical (unpaired) electrons. The summed E-state index contributed by atoms with van der Waals surface area (Å²) in [6.45, 7) is 0.0777. The van der Waals surface area contributed by atoms with Crippen molar-refractivity contribution in [3.8, 4) is 11.3 Å². The molecule has 1 saturated carbocycles. The van der Waals surface area contributed by atoms with E-state index in [2.05, 4.69) is 15.3 Å². The molecule has 3 aromatic heterocycles. The second kappa shape index (κ2) is 7.33. The fourth-order valence-corrected chi connectivity index (χ4v) is 4.54. The molecule has 2 amide bonds. The maximum Gasteiger partial charge on any atom is 0.408 e. The molecule has 2 fully saturated rings. The number of hydrogen-bond acceptors (Lipinski definition) is 5. The van der Waals surface area contributed by atoms with Gasteiger partial charge in [-0.05, 0) is 37.8 Å². The van der Waals surface area contributed by atoms with E-state index in [0.29, 0.717) is 29.1 Å². The quantitative estimate of drug-likeness (QED) is 0.654. The summed E-state index contributed by atoms with van der Waals surface area (Å²) in [6, 6.07) is 1.77. The smallest absolute Gasteiger partial charge is 0.324 e. The van der Waals surface area contributed by atoms with Gasteiger partial charge in [-0.15, -0.1) is 11.3 Å². The lowest BCUT2D eigenvalue weighted by molar-refractivity contribution is -0.169. The number of pyridine rings is 1. The van der Waals surface area contributed by atoms with E-state index >= 15 is 0 Å². The van der Waals surface area contributed by atoms with Crippen molar-refractivity contribution in [2.24, 2.45) is 5.92 Å². The van der Waals surface area contributed by atoms with E-state index in [9.17, 15) is 22.8 Å². The van der Waals surface area contributed by atoms with Crippen LogP contribution in [0.5, 0.6) is 0 Å². The summed E-state index contributed by atoms with van der Waals surface area (Å²) in [4.78, 5) is 34.1. The molecule has 7 nitrogen and oxygen atoms in total. The molecule has 1 aliphatic carbocycles. The number of carbonyl (C=O) groups is 2. The molecule has 1 aliphatic heterocycles. The minimum Gasteiger partial charge on any atom is -0.324 e. The van der Waals surface area contributed by atoms with E-state index in [1.165, 1.54) is 0 Å². The summed E-state index contributed by atoms with van der Waals surface area (Å²) >= 11 is 1.03. The highest BCUT2D eigenvalue weighted by Crippen LogP contribution is 2.34. The van der Waals surface area contributed by atoms with Gasteiger partial charge in [-0.25, -0.2) is 9.97 Å². The predicted octanol–water partition coefficient (Wildman–Crippen LogP) is 3.97. The lowest BCUT2D eigenvalue weighted by Crippen LogP contribution is -2.44. The summed E-state index contributed by atoms with van der Waals surface area (Å²) in [5.74, 6) is -0.204. The van der Waals surface area contributed by atoms with Gasteiger partial charge in [0.05, 0.1) is 11.9 Å². The molecule has 5 rings (SSSR count). The zero-order valence-electron chi connectivity index (χ0n) is 16.2. The van der Waals surface area contributed by atoms with Crippen LogP contribution in [-0.4, -0.2) is 49.8 Å². The Hall–Kier alpha value is -2.95. The van der Waals surface area contributed by atoms with Gasteiger partial charge in [-0.2, -0.15) is 13.2 Å². The molecule has 0 aromatic carbocycles. The van der Waals surface area contributed by atoms with Crippen molar-refractivity contribution in [3.63, 3.8) is 0 Å². The summed E-state index contributed by atoms with van der Waals surface area (Å²) < 4.78 is 41.3. The largest absolute Gasteiger partial charge is 0.408 e. The molecule has 1 atom stereocenters. The number of hydrogen-bond donors (Lipinski definition) is 1. The minimum atomic E-state index is -4.44. The number of nitrogens with zero attached hydrogens (tertiary/aromatic N) is 4. The predicted molar refractivity (Wildman–Crippen MR) is 108 cm³/mol. The Kier molecular flexibility index (Phi) is 4.72. The van der Waals surface area contributed by atoms with E-state index < -0.39 is 18.1 Å². The maximum atomic E-state index is 13.2. The van der Waals surface area contributed by atoms with Crippen LogP contribution in [-0.2, 0) is 4.79 Å². The zero-order chi connectivity index (χ0) is 21.8. The molecule has 0 bridgehead atoms. The number of rotatable bonds is 4. The van der Waals surface area contributed by atoms with Gasteiger partial charge in [0.25, 0.3) is 5.91 Å². The van der Waals surface area contributed by atoms with Gasteiger partial charge in [-0.3, -0.25) is 9.59 Å². The zero-order valence-corrected chi connectivity index (χ0v) is 17.0. The molecule has 162 valence electrons. The first-order valence-electron chi connectivity index (χ1n) is 9.93. The minimum absolute atomic E-state index is 0.0364. The van der Waals surface area contributed by atoms with Crippen LogP contribution < -0.4 is 5.32 Å². The van der Waals surface area contributed by atoms with E-state index in [1.807, 2.05) is 0 Å². The topological polar surface area (TPSA) is 79.6 Å². The highest BCUT2D eigenvalue weighted by Gasteiger charge is 2.48. The fourth-order valence-electron chi connectivity index (χ4n) is 3.75. The Morgan fingerprint density at radius 3 is 2.68 bits per heavy atom. The number of aromatic nitrogens is 3. The summed E-state index contributed by atoms with van der Waals surface area (Å²) in [7, 11) is 0. The summed E-state index contributed by atoms with van der Waals surface area (Å²) in [5, 5.41) is 4.48. The van der Waals surface area contributed by atoms with Gasteiger partial charge < -0.3 is 14.6 Å². The van der Waals surface area contributed by atoms with E-state index in [0.717, 1.165) is 29.1 Å². The van der Waals surface area contributed by atoms with Gasteiger partial charge in [0.15, 0.2) is 10.8 Å². The van der Waals surface area contributed by atoms with Crippen molar-refractivity contribution in [1.29, 1.82) is 0 Å². The highest BCUT2D eigenvalue weighted by molar-refractivity contribution is 7.12. The molecule has 11 heteroatoms. The first kappa shape index (κ1) is 20.0. The van der Waals surface area contributed by atoms with Crippen molar-refractivity contribution in [2.45, 2.75) is 37.9 Å². The Morgan fingerprint density at radius 2 is 1.94 bits per heavy atom. The monoisotopic (exact) mass is 449 g/mol. The summed E-state index contributed by atoms with van der Waals surface area (Å²) in [6.07, 6.45) is 1.05. The van der Waals surface area contributed by atoms with Crippen LogP contribution >= 0.6 is 11.3 Å². The third kappa shape index (κ3) is 3.89. The first-order valence-corrected chi connectivity index (χ1v) is 10.8. The number of anilines is 1. The van der Waals surface area contributed by atoms with Crippen LogP contribution in [0.15, 0.2) is 29.9 Å². The number of carbonyl (C=O) groups excluding carboxylic acids is 2. The van der Waals surface area contributed by atoms with Crippen LogP contribution in [0.25, 0.3) is 16.9 Å². The van der Waals surface area contributed by atoms with Crippen molar-refractivity contribution in [3.05, 3.63) is 34.9 Å². The number of thiazole rings is 1. The number of imidazole rings is 1. The molecule has 3 aromatic rings. The van der Waals surface area contributed by atoms with Crippen LogP contribution in [0.2, 0.25) is 0 Å². The van der Waals surface area contributed by atoms with Crippen LogP contribution in [0.4, 0.5) is 19.0 Å². The second-order valence-corrected chi connectivity index (χ2v) is 8.67. The van der Waals surface area contributed by atoms with Crippen molar-refractivity contribution in [2.75, 3.05) is 11.9 Å². The molecule has 4 heterocycles. The van der Waals surface area contributed by atoms with Crippen molar-refractivity contribution < 1.29 is 22.8 Å². The number of fused-ring (bicyclic) bond motifs is 1. The molecule has 1 N–H and O–H groups in total. The first-order chi connectivity index (χ1) is 14.8. The third-order valence-electron chi connectivity index (χ3n) is 5.52. The number of amides is 2. The van der Waals surface area contributed by atoms with E-state index in [1.54, 1.807) is 34.3 Å². The van der Waals surface area contributed by atoms with E-state index in [4.69, 9.17) is 0 Å². The van der Waals surface area contributed by atoms with Gasteiger partial charge in [-0.1, -0.05) is 0 Å². The lowest BCUT2D eigenvalue weighted by Gasteiger charge is -2.25.